The van der Waals surface area contributed by atoms with Crippen molar-refractivity contribution in [3.63, 3.8) is 0 Å². The second kappa shape index (κ2) is 5.44. The molecular formula is C17H15N3O2. The molecule has 1 heterocycles. The molecule has 0 saturated heterocycles. The quantitative estimate of drug-likeness (QED) is 0.761. The number of nitrogens with one attached hydrogen (secondary N) is 1. The van der Waals surface area contributed by atoms with Gasteiger partial charge in [0.25, 0.3) is 0 Å². The van der Waals surface area contributed by atoms with Gasteiger partial charge in [-0.25, -0.2) is 9.78 Å². The molecule has 0 aliphatic rings. The molecule has 0 spiro atoms. The molecule has 0 aliphatic carbocycles. The van der Waals surface area contributed by atoms with Crippen molar-refractivity contribution in [3.05, 3.63) is 64.1 Å². The molecule has 110 valence electrons. The Balaban J connectivity index is 2.19. The number of phenols is 1. The number of nitrogens with zero attached hydrogens (tertiary/aromatic N) is 2. The number of H-pyrrole nitrogens is 1. The second-order valence-corrected chi connectivity index (χ2v) is 5.14. The van der Waals surface area contributed by atoms with Gasteiger partial charge in [-0.2, -0.15) is 4.98 Å². The molecule has 0 saturated carbocycles. The van der Waals surface area contributed by atoms with Crippen LogP contribution in [0.25, 0.3) is 22.8 Å². The molecule has 0 unspecified atom stereocenters. The summed E-state index contributed by atoms with van der Waals surface area (Å²) >= 11 is 0. The molecule has 0 atom stereocenters. The molecule has 0 amide bonds. The van der Waals surface area contributed by atoms with Gasteiger partial charge in [-0.15, -0.1) is 0 Å². The maximum atomic E-state index is 11.9. The van der Waals surface area contributed by atoms with Gasteiger partial charge in [-0.3, -0.25) is 4.98 Å². The van der Waals surface area contributed by atoms with Crippen molar-refractivity contribution in [1.82, 2.24) is 15.0 Å². The van der Waals surface area contributed by atoms with Gasteiger partial charge in [0.2, 0.25) is 0 Å². The average molecular weight is 293 g/mol. The van der Waals surface area contributed by atoms with Crippen LogP contribution in [-0.2, 0) is 0 Å². The topological polar surface area (TPSA) is 78.9 Å². The zero-order valence-corrected chi connectivity index (χ0v) is 12.3. The summed E-state index contributed by atoms with van der Waals surface area (Å²) in [5.41, 5.74) is 3.20. The first-order valence-corrected chi connectivity index (χ1v) is 6.89. The molecule has 5 nitrogen and oxygen atoms in total. The predicted molar refractivity (Wildman–Crippen MR) is 84.7 cm³/mol. The van der Waals surface area contributed by atoms with Gasteiger partial charge in [0.1, 0.15) is 11.6 Å². The molecule has 2 aromatic carbocycles. The van der Waals surface area contributed by atoms with E-state index >= 15 is 0 Å². The standard InChI is InChI=1S/C17H15N3O2/c1-10-4-3-5-11(2)14(10)16-18-15(19-17(22)20-16)12-6-8-13(21)9-7-12/h3-9,21H,1-2H3,(H,18,19,20,22). The van der Waals surface area contributed by atoms with Crippen LogP contribution < -0.4 is 5.69 Å². The normalized spacial score (nSPS) is 10.6. The number of benzene rings is 2. The SMILES string of the molecule is Cc1cccc(C)c1-c1nc(-c2ccc(O)cc2)nc(=O)[nH]1. The Morgan fingerprint density at radius 3 is 2.23 bits per heavy atom. The van der Waals surface area contributed by atoms with Crippen LogP contribution in [0.15, 0.2) is 47.3 Å². The highest BCUT2D eigenvalue weighted by molar-refractivity contribution is 5.66. The van der Waals surface area contributed by atoms with Gasteiger partial charge in [-0.1, -0.05) is 18.2 Å². The van der Waals surface area contributed by atoms with Crippen LogP contribution in [0, 0.1) is 13.8 Å². The van der Waals surface area contributed by atoms with E-state index in [0.717, 1.165) is 16.7 Å². The molecule has 1 aromatic heterocycles. The Morgan fingerprint density at radius 1 is 0.955 bits per heavy atom. The van der Waals surface area contributed by atoms with Gasteiger partial charge in [0.05, 0.1) is 0 Å². The molecular weight excluding hydrogens is 278 g/mol. The first-order chi connectivity index (χ1) is 10.5. The van der Waals surface area contributed by atoms with Crippen LogP contribution in [0.3, 0.4) is 0 Å². The zero-order valence-electron chi connectivity index (χ0n) is 12.3. The molecule has 0 radical (unpaired) electrons. The van der Waals surface area contributed by atoms with E-state index in [1.165, 1.54) is 0 Å². The summed E-state index contributed by atoms with van der Waals surface area (Å²) in [6.45, 7) is 3.95. The number of aromatic amines is 1. The molecule has 2 N–H and O–H groups in total. The van der Waals surface area contributed by atoms with Crippen molar-refractivity contribution in [2.24, 2.45) is 0 Å². The number of hydrogen-bond donors (Lipinski definition) is 2. The van der Waals surface area contributed by atoms with Crippen molar-refractivity contribution in [1.29, 1.82) is 0 Å². The minimum Gasteiger partial charge on any atom is -0.508 e. The van der Waals surface area contributed by atoms with Crippen LogP contribution in [0.4, 0.5) is 0 Å². The summed E-state index contributed by atoms with van der Waals surface area (Å²) in [5, 5.41) is 9.35. The largest absolute Gasteiger partial charge is 0.508 e. The molecule has 0 fully saturated rings. The van der Waals surface area contributed by atoms with Crippen molar-refractivity contribution in [3.8, 4) is 28.5 Å². The lowest BCUT2D eigenvalue weighted by Gasteiger charge is -2.09. The van der Waals surface area contributed by atoms with Crippen LogP contribution in [0.2, 0.25) is 0 Å². The third-order valence-electron chi connectivity index (χ3n) is 3.49. The highest BCUT2D eigenvalue weighted by Gasteiger charge is 2.11. The van der Waals surface area contributed by atoms with Crippen LogP contribution >= 0.6 is 0 Å². The van der Waals surface area contributed by atoms with Crippen LogP contribution in [-0.4, -0.2) is 20.1 Å². The smallest absolute Gasteiger partial charge is 0.348 e. The average Bonchev–Trinajstić information content (AvgIpc) is 2.47. The number of aromatic hydroxyl groups is 1. The van der Waals surface area contributed by atoms with E-state index in [2.05, 4.69) is 15.0 Å². The van der Waals surface area contributed by atoms with Gasteiger partial charge < -0.3 is 5.11 Å². The minimum atomic E-state index is -0.448. The van der Waals surface area contributed by atoms with E-state index < -0.39 is 5.69 Å². The number of rotatable bonds is 2. The predicted octanol–water partition coefficient (Wildman–Crippen LogP) is 2.82. The lowest BCUT2D eigenvalue weighted by Crippen LogP contribution is -2.15. The Morgan fingerprint density at radius 2 is 1.59 bits per heavy atom. The van der Waals surface area contributed by atoms with Gasteiger partial charge >= 0.3 is 5.69 Å². The summed E-state index contributed by atoms with van der Waals surface area (Å²) < 4.78 is 0. The summed E-state index contributed by atoms with van der Waals surface area (Å²) in [6, 6.07) is 12.4. The first kappa shape index (κ1) is 14.0. The molecule has 5 heteroatoms. The Bertz CT molecular complexity index is 863. The van der Waals surface area contributed by atoms with Gasteiger partial charge in [-0.05, 0) is 49.2 Å². The lowest BCUT2D eigenvalue weighted by atomic mass is 10.0. The summed E-state index contributed by atoms with van der Waals surface area (Å²) in [7, 11) is 0. The zero-order chi connectivity index (χ0) is 15.7. The Kier molecular flexibility index (Phi) is 3.47. The van der Waals surface area contributed by atoms with Crippen molar-refractivity contribution in [2.45, 2.75) is 13.8 Å². The van der Waals surface area contributed by atoms with E-state index in [1.54, 1.807) is 24.3 Å². The van der Waals surface area contributed by atoms with E-state index in [4.69, 9.17) is 0 Å². The third-order valence-corrected chi connectivity index (χ3v) is 3.49. The van der Waals surface area contributed by atoms with Crippen LogP contribution in [0.1, 0.15) is 11.1 Å². The highest BCUT2D eigenvalue weighted by Crippen LogP contribution is 2.25. The number of hydrogen-bond acceptors (Lipinski definition) is 4. The minimum absolute atomic E-state index is 0.156. The summed E-state index contributed by atoms with van der Waals surface area (Å²) in [6.07, 6.45) is 0. The molecule has 22 heavy (non-hydrogen) atoms. The lowest BCUT2D eigenvalue weighted by molar-refractivity contribution is 0.475. The monoisotopic (exact) mass is 293 g/mol. The number of aromatic nitrogens is 3. The van der Waals surface area contributed by atoms with Crippen molar-refractivity contribution in [2.75, 3.05) is 0 Å². The van der Waals surface area contributed by atoms with Gasteiger partial charge in [0.15, 0.2) is 5.82 Å². The summed E-state index contributed by atoms with van der Waals surface area (Å²) in [4.78, 5) is 23.0. The summed E-state index contributed by atoms with van der Waals surface area (Å²) in [5.74, 6) is 0.989. The second-order valence-electron chi connectivity index (χ2n) is 5.14. The highest BCUT2D eigenvalue weighted by atomic mass is 16.3. The van der Waals surface area contributed by atoms with Crippen molar-refractivity contribution >= 4 is 0 Å². The fraction of sp³-hybridized carbons (Fsp3) is 0.118. The maximum absolute atomic E-state index is 11.9. The Hall–Kier alpha value is -2.95. The van der Waals surface area contributed by atoms with E-state index in [1.807, 2.05) is 32.0 Å². The molecule has 0 bridgehead atoms. The fourth-order valence-electron chi connectivity index (χ4n) is 2.43. The van der Waals surface area contributed by atoms with E-state index in [0.29, 0.717) is 17.2 Å². The fourth-order valence-corrected chi connectivity index (χ4v) is 2.43. The van der Waals surface area contributed by atoms with Crippen LogP contribution in [0.5, 0.6) is 5.75 Å². The first-order valence-electron chi connectivity index (χ1n) is 6.89. The molecule has 0 aliphatic heterocycles. The Labute approximate surface area is 127 Å². The molecule has 3 aromatic rings. The molecule has 3 rings (SSSR count). The van der Waals surface area contributed by atoms with E-state index in [9.17, 15) is 9.90 Å². The number of phenolic OH excluding ortho intramolecular Hbond substituents is 1. The maximum Gasteiger partial charge on any atom is 0.348 e. The third kappa shape index (κ3) is 2.61. The van der Waals surface area contributed by atoms with Gasteiger partial charge in [0, 0.05) is 11.1 Å². The number of aryl methyl sites for hydroxylation is 2. The van der Waals surface area contributed by atoms with Crippen molar-refractivity contribution < 1.29 is 5.11 Å². The van der Waals surface area contributed by atoms with E-state index in [-0.39, 0.29) is 5.75 Å².